The Bertz CT molecular complexity index is 1980. The molecule has 14 nitrogen and oxygen atoms in total. The maximum atomic E-state index is 13.8. The summed E-state index contributed by atoms with van der Waals surface area (Å²) in [6, 6.07) is 19.9. The smallest absolute Gasteiger partial charge is 0.475 e. The summed E-state index contributed by atoms with van der Waals surface area (Å²) in [4.78, 5) is 62.0. The number of alkyl halides is 3. The van der Waals surface area contributed by atoms with Crippen molar-refractivity contribution < 1.29 is 47.4 Å². The van der Waals surface area contributed by atoms with Crippen molar-refractivity contribution in [3.63, 3.8) is 0 Å². The summed E-state index contributed by atoms with van der Waals surface area (Å²) in [5.41, 5.74) is 4.69. The maximum absolute atomic E-state index is 13.8. The van der Waals surface area contributed by atoms with E-state index in [1.165, 1.54) is 0 Å². The SMILES string of the molecule is CCN(CC)CCNC(=O)c1ccc(-c2cccc(C[C@H](NC(=O)[C@H]3CC[C@H](CNC(=O)O)CC3)C(=O)Nc3ccc4cn[nH]c4c3)c2)cc1.O=C(O)C(F)(F)F. The number of anilines is 1. The molecular formula is C40H48F3N7O7. The number of benzene rings is 3. The molecule has 17 heteroatoms. The van der Waals surface area contributed by atoms with E-state index >= 15 is 0 Å². The number of hydrogen-bond acceptors (Lipinski definition) is 7. The van der Waals surface area contributed by atoms with Crippen LogP contribution in [0.3, 0.4) is 0 Å². The van der Waals surface area contributed by atoms with E-state index in [0.29, 0.717) is 37.2 Å². The summed E-state index contributed by atoms with van der Waals surface area (Å²) in [5, 5.41) is 35.4. The molecule has 0 saturated heterocycles. The Morgan fingerprint density at radius 1 is 0.895 bits per heavy atom. The quantitative estimate of drug-likeness (QED) is 0.0790. The van der Waals surface area contributed by atoms with Gasteiger partial charge in [0.25, 0.3) is 5.91 Å². The van der Waals surface area contributed by atoms with Crippen LogP contribution in [0.4, 0.5) is 23.7 Å². The van der Waals surface area contributed by atoms with E-state index in [-0.39, 0.29) is 36.0 Å². The lowest BCUT2D eigenvalue weighted by atomic mass is 9.81. The molecule has 3 aromatic carbocycles. The first-order chi connectivity index (χ1) is 27.2. The molecule has 5 rings (SSSR count). The normalized spacial score (nSPS) is 15.8. The molecule has 1 heterocycles. The van der Waals surface area contributed by atoms with Crippen LogP contribution in [-0.2, 0) is 20.8 Å². The minimum absolute atomic E-state index is 0.112. The van der Waals surface area contributed by atoms with E-state index in [4.69, 9.17) is 15.0 Å². The number of aromatic nitrogens is 2. The Morgan fingerprint density at radius 3 is 2.21 bits per heavy atom. The number of aliphatic carboxylic acids is 1. The molecule has 1 aromatic heterocycles. The van der Waals surface area contributed by atoms with Gasteiger partial charge in [0.2, 0.25) is 11.8 Å². The first kappa shape index (κ1) is 43.8. The molecule has 306 valence electrons. The van der Waals surface area contributed by atoms with Gasteiger partial charge in [-0.15, -0.1) is 0 Å². The number of carboxylic acid groups (broad SMARTS) is 2. The average molecular weight is 796 g/mol. The van der Waals surface area contributed by atoms with Gasteiger partial charge in [-0.25, -0.2) is 9.59 Å². The first-order valence-electron chi connectivity index (χ1n) is 18.7. The minimum Gasteiger partial charge on any atom is -0.475 e. The molecule has 0 aliphatic heterocycles. The summed E-state index contributed by atoms with van der Waals surface area (Å²) in [6.45, 7) is 7.85. The number of nitrogens with one attached hydrogen (secondary N) is 5. The summed E-state index contributed by atoms with van der Waals surface area (Å²) in [5.74, 6) is -3.45. The van der Waals surface area contributed by atoms with Crippen molar-refractivity contribution in [1.29, 1.82) is 0 Å². The van der Waals surface area contributed by atoms with E-state index in [1.54, 1.807) is 18.3 Å². The lowest BCUT2D eigenvalue weighted by Gasteiger charge is -2.29. The molecule has 1 saturated carbocycles. The number of likely N-dealkylation sites (N-methyl/N-ethyl adjacent to an activating group) is 1. The Kier molecular flexibility index (Phi) is 16.0. The number of carbonyl (C=O) groups is 5. The van der Waals surface area contributed by atoms with Crippen LogP contribution in [0.2, 0.25) is 0 Å². The van der Waals surface area contributed by atoms with Gasteiger partial charge in [-0.2, -0.15) is 18.3 Å². The van der Waals surface area contributed by atoms with Crippen LogP contribution in [0.5, 0.6) is 0 Å². The molecule has 1 atom stereocenters. The first-order valence-corrected chi connectivity index (χ1v) is 18.7. The molecule has 0 unspecified atom stereocenters. The van der Waals surface area contributed by atoms with Gasteiger partial charge in [0, 0.05) is 48.6 Å². The molecule has 0 spiro atoms. The number of fused-ring (bicyclic) bond motifs is 1. The van der Waals surface area contributed by atoms with E-state index < -0.39 is 24.3 Å². The maximum Gasteiger partial charge on any atom is 0.490 e. The van der Waals surface area contributed by atoms with Crippen LogP contribution in [0.15, 0.2) is 72.9 Å². The second-order valence-electron chi connectivity index (χ2n) is 13.7. The number of nitrogens with zero attached hydrogens (tertiary/aromatic N) is 2. The molecule has 1 fully saturated rings. The molecule has 1 aliphatic carbocycles. The number of H-pyrrole nitrogens is 1. The van der Waals surface area contributed by atoms with Crippen LogP contribution in [0.25, 0.3) is 22.0 Å². The van der Waals surface area contributed by atoms with Gasteiger partial charge in [0.05, 0.1) is 11.7 Å². The number of amides is 4. The highest BCUT2D eigenvalue weighted by Gasteiger charge is 2.38. The highest BCUT2D eigenvalue weighted by atomic mass is 19.4. The zero-order valence-corrected chi connectivity index (χ0v) is 31.7. The van der Waals surface area contributed by atoms with Gasteiger partial charge in [0.15, 0.2) is 0 Å². The number of rotatable bonds is 15. The highest BCUT2D eigenvalue weighted by Crippen LogP contribution is 2.29. The Balaban J connectivity index is 0.000000940. The zero-order valence-electron chi connectivity index (χ0n) is 31.7. The summed E-state index contributed by atoms with van der Waals surface area (Å²) >= 11 is 0. The van der Waals surface area contributed by atoms with E-state index in [9.17, 15) is 32.3 Å². The average Bonchev–Trinajstić information content (AvgIpc) is 3.67. The molecule has 57 heavy (non-hydrogen) atoms. The van der Waals surface area contributed by atoms with Crippen LogP contribution < -0.4 is 21.3 Å². The van der Waals surface area contributed by atoms with Gasteiger partial charge < -0.3 is 36.4 Å². The third-order valence-corrected chi connectivity index (χ3v) is 9.80. The molecule has 0 bridgehead atoms. The second-order valence-corrected chi connectivity index (χ2v) is 13.7. The number of aromatic amines is 1. The molecule has 7 N–H and O–H groups in total. The minimum atomic E-state index is -5.08. The fourth-order valence-electron chi connectivity index (χ4n) is 6.50. The van der Waals surface area contributed by atoms with Crippen molar-refractivity contribution in [1.82, 2.24) is 31.0 Å². The third kappa shape index (κ3) is 13.6. The van der Waals surface area contributed by atoms with Crippen molar-refractivity contribution >= 4 is 46.4 Å². The van der Waals surface area contributed by atoms with Crippen molar-refractivity contribution in [2.45, 2.75) is 58.2 Å². The summed E-state index contributed by atoms with van der Waals surface area (Å²) < 4.78 is 31.7. The number of hydrogen-bond donors (Lipinski definition) is 7. The third-order valence-electron chi connectivity index (χ3n) is 9.80. The molecule has 4 aromatic rings. The fourth-order valence-corrected chi connectivity index (χ4v) is 6.50. The van der Waals surface area contributed by atoms with E-state index in [2.05, 4.69) is 50.2 Å². The van der Waals surface area contributed by atoms with Crippen LogP contribution in [-0.4, -0.2) is 100 Å². The largest absolute Gasteiger partial charge is 0.490 e. The molecule has 1 aliphatic rings. The van der Waals surface area contributed by atoms with Crippen LogP contribution in [0.1, 0.15) is 55.5 Å². The number of carbonyl (C=O) groups excluding carboxylic acids is 3. The van der Waals surface area contributed by atoms with Crippen molar-refractivity contribution in [3.8, 4) is 11.1 Å². The van der Waals surface area contributed by atoms with Gasteiger partial charge in [-0.05, 0) is 91.7 Å². The lowest BCUT2D eigenvalue weighted by Crippen LogP contribution is -2.48. The van der Waals surface area contributed by atoms with Crippen molar-refractivity contribution in [2.75, 3.05) is 38.0 Å². The standard InChI is InChI=1S/C38H47N7O5.C2HF3O2/c1-3-45(4-2)19-18-39-35(46)28-14-12-27(13-15-28)30-7-5-6-26(20-30)21-34(37(48)42-32-17-16-31-24-41-44-33(31)22-32)43-36(47)29-10-8-25(9-11-29)23-40-38(49)50;3-2(4,5)1(6)7/h5-7,12-17,20,22,24-25,29,34,40H,3-4,8-11,18-19,21,23H2,1-2H3,(H,39,46)(H,41,44)(H,42,48)(H,43,47)(H,49,50);(H,6,7)/t25-,29-,34-;/m0./s1. The van der Waals surface area contributed by atoms with Gasteiger partial charge in [0.1, 0.15) is 6.04 Å². The summed E-state index contributed by atoms with van der Waals surface area (Å²) in [6.07, 6.45) is -1.43. The van der Waals surface area contributed by atoms with Crippen LogP contribution >= 0.6 is 0 Å². The van der Waals surface area contributed by atoms with Crippen molar-refractivity contribution in [3.05, 3.63) is 84.1 Å². The second kappa shape index (κ2) is 20.8. The van der Waals surface area contributed by atoms with Gasteiger partial charge in [-0.1, -0.05) is 50.2 Å². The topological polar surface area (TPSA) is 206 Å². The predicted molar refractivity (Wildman–Crippen MR) is 208 cm³/mol. The van der Waals surface area contributed by atoms with E-state index in [0.717, 1.165) is 60.1 Å². The molecular weight excluding hydrogens is 747 g/mol. The Hall–Kier alpha value is -5.97. The van der Waals surface area contributed by atoms with E-state index in [1.807, 2.05) is 54.6 Å². The van der Waals surface area contributed by atoms with Gasteiger partial charge in [-0.3, -0.25) is 19.5 Å². The van der Waals surface area contributed by atoms with Gasteiger partial charge >= 0.3 is 18.2 Å². The lowest BCUT2D eigenvalue weighted by molar-refractivity contribution is -0.192. The number of halogens is 3. The fraction of sp³-hybridized carbons (Fsp3) is 0.400. The Labute approximate surface area is 327 Å². The monoisotopic (exact) mass is 795 g/mol. The Morgan fingerprint density at radius 2 is 1.58 bits per heavy atom. The molecule has 0 radical (unpaired) electrons. The molecule has 4 amide bonds. The highest BCUT2D eigenvalue weighted by molar-refractivity contribution is 5.99. The zero-order chi connectivity index (χ0) is 41.5. The summed E-state index contributed by atoms with van der Waals surface area (Å²) in [7, 11) is 0. The number of carboxylic acids is 1. The predicted octanol–water partition coefficient (Wildman–Crippen LogP) is 5.67. The van der Waals surface area contributed by atoms with Crippen molar-refractivity contribution in [2.24, 2.45) is 11.8 Å². The van der Waals surface area contributed by atoms with Crippen LogP contribution in [0, 0.1) is 11.8 Å².